The number of nitrogens with zero attached hydrogens (tertiary/aromatic N) is 1. The van der Waals surface area contributed by atoms with Crippen LogP contribution >= 0.6 is 0 Å². The van der Waals surface area contributed by atoms with Crippen LogP contribution in [0, 0.1) is 5.41 Å². The molecule has 0 radical (unpaired) electrons. The first kappa shape index (κ1) is 15.8. The lowest BCUT2D eigenvalue weighted by Gasteiger charge is -2.34. The molecule has 0 saturated carbocycles. The van der Waals surface area contributed by atoms with Gasteiger partial charge in [0.2, 0.25) is 0 Å². The van der Waals surface area contributed by atoms with Crippen molar-refractivity contribution in [3.63, 3.8) is 0 Å². The largest absolute Gasteiger partial charge is 0.491 e. The Morgan fingerprint density at radius 3 is 2.86 bits per heavy atom. The van der Waals surface area contributed by atoms with E-state index in [1.807, 2.05) is 6.07 Å². The summed E-state index contributed by atoms with van der Waals surface area (Å²) < 4.78 is 10.7. The third-order valence-electron chi connectivity index (χ3n) is 5.04. The van der Waals surface area contributed by atoms with Gasteiger partial charge in [-0.3, -0.25) is 4.90 Å². The van der Waals surface area contributed by atoms with E-state index >= 15 is 0 Å². The summed E-state index contributed by atoms with van der Waals surface area (Å²) >= 11 is 0. The van der Waals surface area contributed by atoms with Gasteiger partial charge >= 0.3 is 0 Å². The minimum atomic E-state index is 0.581. The van der Waals surface area contributed by atoms with E-state index in [0.717, 1.165) is 12.3 Å². The van der Waals surface area contributed by atoms with Crippen LogP contribution in [0.1, 0.15) is 24.8 Å². The molecule has 0 bridgehead atoms. The molecule has 2 aliphatic heterocycles. The molecule has 1 aromatic rings. The topological polar surface area (TPSA) is 33.7 Å². The molecule has 3 rings (SSSR count). The first-order valence-electron chi connectivity index (χ1n) is 8.43. The van der Waals surface area contributed by atoms with Crippen molar-refractivity contribution >= 4 is 0 Å². The summed E-state index contributed by atoms with van der Waals surface area (Å²) in [6, 6.07) is 8.49. The van der Waals surface area contributed by atoms with Crippen molar-refractivity contribution in [3.8, 4) is 5.75 Å². The molecule has 2 fully saturated rings. The molecule has 4 nitrogen and oxygen atoms in total. The molecule has 0 atom stereocenters. The van der Waals surface area contributed by atoms with Crippen LogP contribution in [-0.2, 0) is 11.3 Å². The second kappa shape index (κ2) is 7.44. The predicted octanol–water partition coefficient (Wildman–Crippen LogP) is 2.29. The van der Waals surface area contributed by atoms with Crippen molar-refractivity contribution in [1.29, 1.82) is 0 Å². The van der Waals surface area contributed by atoms with Crippen molar-refractivity contribution in [3.05, 3.63) is 29.8 Å². The van der Waals surface area contributed by atoms with Crippen molar-refractivity contribution in [2.45, 2.75) is 25.8 Å². The first-order chi connectivity index (χ1) is 10.8. The summed E-state index contributed by atoms with van der Waals surface area (Å²) in [6.45, 7) is 7.15. The Hall–Kier alpha value is -1.10. The minimum Gasteiger partial charge on any atom is -0.491 e. The lowest BCUT2D eigenvalue weighted by Crippen LogP contribution is -2.38. The standard InChI is InChI=1S/C18H28N2O2/c1-21-11-12-22-17-4-2-3-16(13-17)14-20-10-7-18(15-20)5-8-19-9-6-18/h2-4,13,19H,5-12,14-15H2,1H3. The van der Waals surface area contributed by atoms with Gasteiger partial charge in [0.25, 0.3) is 0 Å². The van der Waals surface area contributed by atoms with E-state index in [1.54, 1.807) is 7.11 Å². The normalized spacial score (nSPS) is 21.3. The van der Waals surface area contributed by atoms with E-state index in [1.165, 1.54) is 51.0 Å². The smallest absolute Gasteiger partial charge is 0.119 e. The summed E-state index contributed by atoms with van der Waals surface area (Å²) in [7, 11) is 1.70. The van der Waals surface area contributed by atoms with E-state index in [0.29, 0.717) is 18.6 Å². The highest BCUT2D eigenvalue weighted by atomic mass is 16.5. The van der Waals surface area contributed by atoms with Gasteiger partial charge in [0.05, 0.1) is 6.61 Å². The monoisotopic (exact) mass is 304 g/mol. The first-order valence-corrected chi connectivity index (χ1v) is 8.43. The number of rotatable bonds is 6. The molecule has 22 heavy (non-hydrogen) atoms. The average molecular weight is 304 g/mol. The summed E-state index contributed by atoms with van der Waals surface area (Å²) in [5.74, 6) is 0.949. The Kier molecular flexibility index (Phi) is 5.34. The van der Waals surface area contributed by atoms with E-state index in [4.69, 9.17) is 9.47 Å². The number of nitrogens with one attached hydrogen (secondary N) is 1. The van der Waals surface area contributed by atoms with Gasteiger partial charge in [0, 0.05) is 20.2 Å². The van der Waals surface area contributed by atoms with E-state index in [9.17, 15) is 0 Å². The van der Waals surface area contributed by atoms with E-state index in [2.05, 4.69) is 28.4 Å². The van der Waals surface area contributed by atoms with Crippen LogP contribution < -0.4 is 10.1 Å². The summed E-state index contributed by atoms with van der Waals surface area (Å²) in [6.07, 6.45) is 4.03. The molecule has 2 heterocycles. The molecule has 122 valence electrons. The quantitative estimate of drug-likeness (QED) is 0.818. The molecule has 0 amide bonds. The van der Waals surface area contributed by atoms with Crippen LogP contribution in [0.3, 0.4) is 0 Å². The SMILES string of the molecule is COCCOc1cccc(CN2CCC3(CCNCC3)C2)c1. The van der Waals surface area contributed by atoms with E-state index in [-0.39, 0.29) is 0 Å². The number of ether oxygens (including phenoxy) is 2. The van der Waals surface area contributed by atoms with Gasteiger partial charge in [-0.25, -0.2) is 0 Å². The van der Waals surface area contributed by atoms with Crippen LogP contribution in [0.5, 0.6) is 5.75 Å². The molecule has 1 spiro atoms. The summed E-state index contributed by atoms with van der Waals surface area (Å²) in [4.78, 5) is 2.61. The number of benzene rings is 1. The van der Waals surface area contributed by atoms with Gasteiger partial charge in [0.1, 0.15) is 12.4 Å². The molecule has 0 unspecified atom stereocenters. The van der Waals surface area contributed by atoms with Crippen LogP contribution in [0.25, 0.3) is 0 Å². The summed E-state index contributed by atoms with van der Waals surface area (Å²) in [5, 5.41) is 3.49. The highest BCUT2D eigenvalue weighted by Crippen LogP contribution is 2.39. The summed E-state index contributed by atoms with van der Waals surface area (Å²) in [5.41, 5.74) is 1.93. The molecule has 0 aromatic heterocycles. The maximum atomic E-state index is 5.71. The molecular formula is C18H28N2O2. The van der Waals surface area contributed by atoms with Crippen molar-refractivity contribution in [2.24, 2.45) is 5.41 Å². The molecule has 1 aromatic carbocycles. The van der Waals surface area contributed by atoms with Crippen LogP contribution in [0.15, 0.2) is 24.3 Å². The fourth-order valence-electron chi connectivity index (χ4n) is 3.76. The Labute approximate surface area is 133 Å². The molecule has 2 aliphatic rings. The number of hydrogen-bond acceptors (Lipinski definition) is 4. The zero-order valence-corrected chi connectivity index (χ0v) is 13.6. The number of hydrogen-bond donors (Lipinski definition) is 1. The molecule has 0 aliphatic carbocycles. The Morgan fingerprint density at radius 2 is 2.05 bits per heavy atom. The van der Waals surface area contributed by atoms with Gasteiger partial charge in [0.15, 0.2) is 0 Å². The Morgan fingerprint density at radius 1 is 1.18 bits per heavy atom. The van der Waals surface area contributed by atoms with E-state index < -0.39 is 0 Å². The second-order valence-electron chi connectivity index (χ2n) is 6.70. The zero-order chi connectivity index (χ0) is 15.3. The fourth-order valence-corrected chi connectivity index (χ4v) is 3.76. The number of likely N-dealkylation sites (tertiary alicyclic amines) is 1. The second-order valence-corrected chi connectivity index (χ2v) is 6.70. The zero-order valence-electron chi connectivity index (χ0n) is 13.6. The minimum absolute atomic E-state index is 0.581. The highest BCUT2D eigenvalue weighted by molar-refractivity contribution is 5.28. The number of methoxy groups -OCH3 is 1. The average Bonchev–Trinajstić information content (AvgIpc) is 2.91. The third kappa shape index (κ3) is 4.00. The molecule has 2 saturated heterocycles. The lowest BCUT2D eigenvalue weighted by atomic mass is 9.78. The van der Waals surface area contributed by atoms with Crippen LogP contribution in [0.2, 0.25) is 0 Å². The lowest BCUT2D eigenvalue weighted by molar-refractivity contribution is 0.146. The number of piperidine rings is 1. The fraction of sp³-hybridized carbons (Fsp3) is 0.667. The predicted molar refractivity (Wildman–Crippen MR) is 88.2 cm³/mol. The van der Waals surface area contributed by atoms with Crippen LogP contribution in [-0.4, -0.2) is 51.4 Å². The van der Waals surface area contributed by atoms with Crippen molar-refractivity contribution in [2.75, 3.05) is 46.5 Å². The van der Waals surface area contributed by atoms with Gasteiger partial charge in [-0.15, -0.1) is 0 Å². The van der Waals surface area contributed by atoms with Gasteiger partial charge in [-0.2, -0.15) is 0 Å². The Bertz CT molecular complexity index is 472. The maximum absolute atomic E-state index is 5.71. The van der Waals surface area contributed by atoms with Crippen LogP contribution in [0.4, 0.5) is 0 Å². The van der Waals surface area contributed by atoms with Gasteiger partial charge < -0.3 is 14.8 Å². The van der Waals surface area contributed by atoms with Gasteiger partial charge in [-0.1, -0.05) is 12.1 Å². The molecule has 1 N–H and O–H groups in total. The molecular weight excluding hydrogens is 276 g/mol. The highest BCUT2D eigenvalue weighted by Gasteiger charge is 2.38. The molecule has 4 heteroatoms. The third-order valence-corrected chi connectivity index (χ3v) is 5.04. The maximum Gasteiger partial charge on any atom is 0.119 e. The van der Waals surface area contributed by atoms with Crippen molar-refractivity contribution < 1.29 is 9.47 Å². The van der Waals surface area contributed by atoms with Crippen molar-refractivity contribution in [1.82, 2.24) is 10.2 Å². The Balaban J connectivity index is 1.54. The van der Waals surface area contributed by atoms with Gasteiger partial charge in [-0.05, 0) is 62.0 Å².